The SMILES string of the molecule is Cc1noc(C)c1C(C)c1nc(-c2ccc(S(C)(=O)=O)cc2)no1. The standard InChI is InChI=1S/C16H17N3O4S/c1-9(14-10(2)18-22-11(14)3)16-17-15(19-23-16)12-5-7-13(8-6-12)24(4,20)21/h5-9H,1-4H3. The molecule has 126 valence electrons. The Labute approximate surface area is 139 Å². The van der Waals surface area contributed by atoms with E-state index in [-0.39, 0.29) is 10.8 Å². The van der Waals surface area contributed by atoms with Crippen molar-refractivity contribution in [3.05, 3.63) is 47.2 Å². The van der Waals surface area contributed by atoms with Crippen LogP contribution in [0.25, 0.3) is 11.4 Å². The number of hydrogen-bond donors (Lipinski definition) is 0. The largest absolute Gasteiger partial charge is 0.361 e. The van der Waals surface area contributed by atoms with Gasteiger partial charge in [-0.1, -0.05) is 10.3 Å². The van der Waals surface area contributed by atoms with Crippen LogP contribution in [-0.2, 0) is 9.84 Å². The first-order valence-corrected chi connectivity index (χ1v) is 9.23. The molecule has 8 heteroatoms. The minimum Gasteiger partial charge on any atom is -0.361 e. The molecule has 3 aromatic rings. The highest BCUT2D eigenvalue weighted by Crippen LogP contribution is 2.29. The maximum absolute atomic E-state index is 11.5. The van der Waals surface area contributed by atoms with Crippen LogP contribution in [0.15, 0.2) is 38.2 Å². The van der Waals surface area contributed by atoms with Crippen molar-refractivity contribution in [1.82, 2.24) is 15.3 Å². The van der Waals surface area contributed by atoms with E-state index >= 15 is 0 Å². The predicted octanol–water partition coefficient (Wildman–Crippen LogP) is 2.90. The third kappa shape index (κ3) is 2.96. The van der Waals surface area contributed by atoms with Gasteiger partial charge in [0.2, 0.25) is 11.7 Å². The number of benzene rings is 1. The quantitative estimate of drug-likeness (QED) is 0.715. The lowest BCUT2D eigenvalue weighted by molar-refractivity contribution is 0.367. The van der Waals surface area contributed by atoms with Gasteiger partial charge in [0.15, 0.2) is 9.84 Å². The summed E-state index contributed by atoms with van der Waals surface area (Å²) in [6.07, 6.45) is 1.17. The highest BCUT2D eigenvalue weighted by atomic mass is 32.2. The molecule has 0 aliphatic carbocycles. The maximum atomic E-state index is 11.5. The van der Waals surface area contributed by atoms with Crippen LogP contribution in [0.4, 0.5) is 0 Å². The number of sulfone groups is 1. The molecule has 0 fully saturated rings. The van der Waals surface area contributed by atoms with Gasteiger partial charge < -0.3 is 9.05 Å². The Balaban J connectivity index is 1.91. The van der Waals surface area contributed by atoms with E-state index in [0.29, 0.717) is 17.3 Å². The van der Waals surface area contributed by atoms with Crippen LogP contribution in [0, 0.1) is 13.8 Å². The number of aryl methyl sites for hydroxylation is 2. The molecule has 0 bridgehead atoms. The third-order valence-electron chi connectivity index (χ3n) is 3.87. The van der Waals surface area contributed by atoms with Crippen LogP contribution in [0.2, 0.25) is 0 Å². The number of rotatable bonds is 4. The molecule has 7 nitrogen and oxygen atoms in total. The Kier molecular flexibility index (Phi) is 4.00. The van der Waals surface area contributed by atoms with E-state index in [1.807, 2.05) is 20.8 Å². The Hall–Kier alpha value is -2.48. The fraction of sp³-hybridized carbons (Fsp3) is 0.312. The van der Waals surface area contributed by atoms with Crippen molar-refractivity contribution in [2.24, 2.45) is 0 Å². The van der Waals surface area contributed by atoms with Gasteiger partial charge in [-0.2, -0.15) is 4.98 Å². The zero-order valence-corrected chi connectivity index (χ0v) is 14.6. The summed E-state index contributed by atoms with van der Waals surface area (Å²) in [5.41, 5.74) is 2.40. The summed E-state index contributed by atoms with van der Waals surface area (Å²) in [7, 11) is -3.23. The lowest BCUT2D eigenvalue weighted by atomic mass is 9.99. The third-order valence-corrected chi connectivity index (χ3v) is 5.00. The predicted molar refractivity (Wildman–Crippen MR) is 86.3 cm³/mol. The topological polar surface area (TPSA) is 99.1 Å². The molecule has 0 aliphatic heterocycles. The summed E-state index contributed by atoms with van der Waals surface area (Å²) in [5.74, 6) is 1.43. The molecular formula is C16H17N3O4S. The fourth-order valence-electron chi connectivity index (χ4n) is 2.61. The highest BCUT2D eigenvalue weighted by molar-refractivity contribution is 7.90. The van der Waals surface area contributed by atoms with E-state index < -0.39 is 9.84 Å². The van der Waals surface area contributed by atoms with E-state index in [4.69, 9.17) is 9.05 Å². The van der Waals surface area contributed by atoms with Gasteiger partial charge in [-0.05, 0) is 45.0 Å². The van der Waals surface area contributed by atoms with E-state index in [1.165, 1.54) is 18.4 Å². The maximum Gasteiger partial charge on any atom is 0.234 e. The van der Waals surface area contributed by atoms with Crippen molar-refractivity contribution in [3.8, 4) is 11.4 Å². The molecule has 2 aromatic heterocycles. The molecule has 0 spiro atoms. The summed E-state index contributed by atoms with van der Waals surface area (Å²) >= 11 is 0. The van der Waals surface area contributed by atoms with Gasteiger partial charge in [0.05, 0.1) is 16.5 Å². The van der Waals surface area contributed by atoms with Crippen molar-refractivity contribution in [3.63, 3.8) is 0 Å². The molecule has 0 saturated heterocycles. The number of aromatic nitrogens is 3. The second-order valence-corrected chi connectivity index (χ2v) is 7.73. The van der Waals surface area contributed by atoms with Crippen LogP contribution in [-0.4, -0.2) is 30.0 Å². The van der Waals surface area contributed by atoms with Crippen LogP contribution in [0.3, 0.4) is 0 Å². The molecular weight excluding hydrogens is 330 g/mol. The molecule has 3 rings (SSSR count). The van der Waals surface area contributed by atoms with Crippen LogP contribution in [0.5, 0.6) is 0 Å². The highest BCUT2D eigenvalue weighted by Gasteiger charge is 2.23. The summed E-state index contributed by atoms with van der Waals surface area (Å²) in [4.78, 5) is 4.66. The first-order valence-electron chi connectivity index (χ1n) is 7.34. The average molecular weight is 347 g/mol. The molecule has 0 amide bonds. The summed E-state index contributed by atoms with van der Waals surface area (Å²) in [6.45, 7) is 5.65. The number of nitrogens with zero attached hydrogens (tertiary/aromatic N) is 3. The van der Waals surface area contributed by atoms with E-state index in [1.54, 1.807) is 12.1 Å². The Morgan fingerprint density at radius 1 is 1.04 bits per heavy atom. The van der Waals surface area contributed by atoms with Gasteiger partial charge in [0.1, 0.15) is 5.76 Å². The molecule has 1 atom stereocenters. The van der Waals surface area contributed by atoms with Crippen LogP contribution >= 0.6 is 0 Å². The second-order valence-electron chi connectivity index (χ2n) is 5.71. The van der Waals surface area contributed by atoms with Crippen molar-refractivity contribution in [2.45, 2.75) is 31.6 Å². The van der Waals surface area contributed by atoms with Crippen molar-refractivity contribution in [2.75, 3.05) is 6.26 Å². The molecule has 0 saturated carbocycles. The van der Waals surface area contributed by atoms with Gasteiger partial charge in [0.25, 0.3) is 0 Å². The summed E-state index contributed by atoms with van der Waals surface area (Å²) < 4.78 is 33.6. The average Bonchev–Trinajstić information content (AvgIpc) is 3.13. The monoisotopic (exact) mass is 347 g/mol. The first-order chi connectivity index (χ1) is 11.3. The molecule has 1 aromatic carbocycles. The van der Waals surface area contributed by atoms with Crippen LogP contribution < -0.4 is 0 Å². The van der Waals surface area contributed by atoms with Gasteiger partial charge >= 0.3 is 0 Å². The van der Waals surface area contributed by atoms with Gasteiger partial charge in [-0.15, -0.1) is 0 Å². The zero-order valence-electron chi connectivity index (χ0n) is 13.8. The molecule has 0 radical (unpaired) electrons. The summed E-state index contributed by atoms with van der Waals surface area (Å²) in [5, 5.41) is 7.92. The van der Waals surface area contributed by atoms with E-state index in [0.717, 1.165) is 17.0 Å². The van der Waals surface area contributed by atoms with E-state index in [9.17, 15) is 8.42 Å². The zero-order chi connectivity index (χ0) is 17.5. The van der Waals surface area contributed by atoms with Gasteiger partial charge in [0, 0.05) is 17.4 Å². The molecule has 1 unspecified atom stereocenters. The molecule has 0 aliphatic rings. The minimum atomic E-state index is -3.23. The number of hydrogen-bond acceptors (Lipinski definition) is 7. The second kappa shape index (κ2) is 5.86. The van der Waals surface area contributed by atoms with E-state index in [2.05, 4.69) is 15.3 Å². The lowest BCUT2D eigenvalue weighted by Gasteiger charge is -2.04. The van der Waals surface area contributed by atoms with Crippen molar-refractivity contribution in [1.29, 1.82) is 0 Å². The van der Waals surface area contributed by atoms with Gasteiger partial charge in [-0.3, -0.25) is 0 Å². The molecule has 0 N–H and O–H groups in total. The lowest BCUT2D eigenvalue weighted by Crippen LogP contribution is -1.99. The Morgan fingerprint density at radius 3 is 2.25 bits per heavy atom. The Bertz CT molecular complexity index is 952. The van der Waals surface area contributed by atoms with Crippen molar-refractivity contribution >= 4 is 9.84 Å². The minimum absolute atomic E-state index is 0.146. The van der Waals surface area contributed by atoms with Gasteiger partial charge in [-0.25, -0.2) is 8.42 Å². The molecule has 2 heterocycles. The fourth-order valence-corrected chi connectivity index (χ4v) is 3.24. The molecule has 24 heavy (non-hydrogen) atoms. The first kappa shape index (κ1) is 16.4. The smallest absolute Gasteiger partial charge is 0.234 e. The van der Waals surface area contributed by atoms with Crippen molar-refractivity contribution < 1.29 is 17.5 Å². The van der Waals surface area contributed by atoms with Crippen LogP contribution in [0.1, 0.15) is 35.7 Å². The Morgan fingerprint density at radius 2 is 1.71 bits per heavy atom. The summed E-state index contributed by atoms with van der Waals surface area (Å²) in [6, 6.07) is 6.37. The normalized spacial score (nSPS) is 13.2.